The van der Waals surface area contributed by atoms with Crippen LogP contribution in [0.2, 0.25) is 0 Å². The maximum Gasteiger partial charge on any atom is 0.265 e. The Bertz CT molecular complexity index is 1310. The molecule has 5 heteroatoms. The van der Waals surface area contributed by atoms with Crippen LogP contribution in [-0.4, -0.2) is 15.5 Å². The Hall–Kier alpha value is -3.73. The van der Waals surface area contributed by atoms with Crippen LogP contribution in [0.1, 0.15) is 36.2 Å². The van der Waals surface area contributed by atoms with Crippen molar-refractivity contribution < 1.29 is 4.79 Å². The highest BCUT2D eigenvalue weighted by Crippen LogP contribution is 2.24. The number of carbonyl (C=O) groups is 1. The van der Waals surface area contributed by atoms with Crippen LogP contribution in [0.3, 0.4) is 0 Å². The van der Waals surface area contributed by atoms with Crippen molar-refractivity contribution in [3.05, 3.63) is 100 Å². The highest BCUT2D eigenvalue weighted by atomic mass is 16.2. The van der Waals surface area contributed by atoms with E-state index in [0.29, 0.717) is 23.1 Å². The normalized spacial score (nSPS) is 12.0. The Kier molecular flexibility index (Phi) is 5.67. The topological polar surface area (TPSA) is 64.0 Å². The van der Waals surface area contributed by atoms with Crippen molar-refractivity contribution in [1.29, 1.82) is 0 Å². The Balaban J connectivity index is 1.66. The minimum Gasteiger partial charge on any atom is -0.325 e. The smallest absolute Gasteiger partial charge is 0.265 e. The van der Waals surface area contributed by atoms with E-state index in [1.165, 1.54) is 0 Å². The molecule has 156 valence electrons. The summed E-state index contributed by atoms with van der Waals surface area (Å²) >= 11 is 0. The lowest BCUT2D eigenvalue weighted by Crippen LogP contribution is -2.23. The second-order valence-corrected chi connectivity index (χ2v) is 7.68. The summed E-state index contributed by atoms with van der Waals surface area (Å²) in [5.41, 5.74) is 3.94. The van der Waals surface area contributed by atoms with Crippen LogP contribution < -0.4 is 10.9 Å². The van der Waals surface area contributed by atoms with Crippen LogP contribution in [-0.2, 0) is 4.79 Å². The maximum atomic E-state index is 13.1. The largest absolute Gasteiger partial charge is 0.325 e. The molecule has 4 rings (SSSR count). The third kappa shape index (κ3) is 3.99. The standard InChI is InChI=1S/C26H25N3O2/c1-4-21(19-10-6-5-7-11-19)25(30)28-23-15-14-20(16-17(23)2)29-18(3)27-24-13-9-8-12-22(24)26(29)31/h5-16,21H,4H2,1-3H3,(H,28,30)/t21-/m1/s1. The summed E-state index contributed by atoms with van der Waals surface area (Å²) in [6.07, 6.45) is 0.713. The van der Waals surface area contributed by atoms with Gasteiger partial charge in [-0.25, -0.2) is 4.98 Å². The molecule has 0 spiro atoms. The SMILES string of the molecule is CC[C@@H](C(=O)Nc1ccc(-n2c(C)nc3ccccc3c2=O)cc1C)c1ccccc1. The number of aromatic nitrogens is 2. The fourth-order valence-electron chi connectivity index (χ4n) is 3.95. The van der Waals surface area contributed by atoms with Gasteiger partial charge >= 0.3 is 0 Å². The lowest BCUT2D eigenvalue weighted by molar-refractivity contribution is -0.117. The molecule has 4 aromatic rings. The van der Waals surface area contributed by atoms with Crippen molar-refractivity contribution in [2.75, 3.05) is 5.32 Å². The van der Waals surface area contributed by atoms with Gasteiger partial charge in [0.05, 0.1) is 22.5 Å². The van der Waals surface area contributed by atoms with E-state index < -0.39 is 0 Å². The summed E-state index contributed by atoms with van der Waals surface area (Å²) in [5, 5.41) is 3.64. The van der Waals surface area contributed by atoms with E-state index >= 15 is 0 Å². The molecular formula is C26H25N3O2. The van der Waals surface area contributed by atoms with Crippen LogP contribution in [0.5, 0.6) is 0 Å². The number of para-hydroxylation sites is 1. The number of anilines is 1. The molecule has 1 atom stereocenters. The third-order valence-electron chi connectivity index (χ3n) is 5.60. The van der Waals surface area contributed by atoms with Crippen LogP contribution in [0.15, 0.2) is 77.6 Å². The fourth-order valence-corrected chi connectivity index (χ4v) is 3.95. The molecule has 0 radical (unpaired) electrons. The van der Waals surface area contributed by atoms with Gasteiger partial charge in [0.25, 0.3) is 5.56 Å². The molecule has 0 aliphatic heterocycles. The van der Waals surface area contributed by atoms with Gasteiger partial charge in [0.2, 0.25) is 5.91 Å². The molecule has 0 unspecified atom stereocenters. The molecule has 1 amide bonds. The zero-order valence-corrected chi connectivity index (χ0v) is 17.9. The van der Waals surface area contributed by atoms with E-state index in [2.05, 4.69) is 10.3 Å². The van der Waals surface area contributed by atoms with Crippen molar-refractivity contribution in [3.63, 3.8) is 0 Å². The fraction of sp³-hybridized carbons (Fsp3) is 0.192. The predicted molar refractivity (Wildman–Crippen MR) is 125 cm³/mol. The van der Waals surface area contributed by atoms with E-state index in [1.807, 2.05) is 87.5 Å². The first-order chi connectivity index (χ1) is 15.0. The molecule has 0 saturated heterocycles. The first-order valence-electron chi connectivity index (χ1n) is 10.4. The van der Waals surface area contributed by atoms with E-state index in [-0.39, 0.29) is 17.4 Å². The Morgan fingerprint density at radius 2 is 1.71 bits per heavy atom. The van der Waals surface area contributed by atoms with Crippen molar-refractivity contribution in [1.82, 2.24) is 9.55 Å². The van der Waals surface area contributed by atoms with Crippen LogP contribution in [0, 0.1) is 13.8 Å². The third-order valence-corrected chi connectivity index (χ3v) is 5.60. The van der Waals surface area contributed by atoms with Crippen molar-refractivity contribution in [2.24, 2.45) is 0 Å². The number of nitrogens with zero attached hydrogens (tertiary/aromatic N) is 2. The molecular weight excluding hydrogens is 386 g/mol. The average molecular weight is 412 g/mol. The summed E-state index contributed by atoms with van der Waals surface area (Å²) in [5.74, 6) is 0.370. The quantitative estimate of drug-likeness (QED) is 0.495. The second kappa shape index (κ2) is 8.56. The lowest BCUT2D eigenvalue weighted by atomic mass is 9.95. The average Bonchev–Trinajstić information content (AvgIpc) is 2.77. The van der Waals surface area contributed by atoms with Gasteiger partial charge in [-0.05, 0) is 61.7 Å². The molecule has 1 N–H and O–H groups in total. The van der Waals surface area contributed by atoms with Crippen LogP contribution >= 0.6 is 0 Å². The molecule has 3 aromatic carbocycles. The second-order valence-electron chi connectivity index (χ2n) is 7.68. The number of benzene rings is 3. The number of nitrogens with one attached hydrogen (secondary N) is 1. The summed E-state index contributed by atoms with van der Waals surface area (Å²) in [6.45, 7) is 5.76. The Morgan fingerprint density at radius 1 is 1.00 bits per heavy atom. The molecule has 1 aromatic heterocycles. The molecule has 0 aliphatic carbocycles. The molecule has 0 saturated carbocycles. The van der Waals surface area contributed by atoms with Gasteiger partial charge in [-0.15, -0.1) is 0 Å². The van der Waals surface area contributed by atoms with E-state index in [4.69, 9.17) is 0 Å². The first-order valence-corrected chi connectivity index (χ1v) is 10.4. The first kappa shape index (κ1) is 20.5. The zero-order valence-electron chi connectivity index (χ0n) is 17.9. The highest BCUT2D eigenvalue weighted by molar-refractivity contribution is 5.96. The molecule has 0 aliphatic rings. The molecule has 31 heavy (non-hydrogen) atoms. The Labute approximate surface area is 181 Å². The van der Waals surface area contributed by atoms with Gasteiger partial charge in [0.1, 0.15) is 5.82 Å². The number of fused-ring (bicyclic) bond motifs is 1. The Morgan fingerprint density at radius 3 is 2.42 bits per heavy atom. The number of rotatable bonds is 5. The van der Waals surface area contributed by atoms with Gasteiger partial charge in [-0.3, -0.25) is 14.2 Å². The predicted octanol–water partition coefficient (Wildman–Crippen LogP) is 5.13. The van der Waals surface area contributed by atoms with Crippen LogP contribution in [0.4, 0.5) is 5.69 Å². The lowest BCUT2D eigenvalue weighted by Gasteiger charge is -2.18. The van der Waals surface area contributed by atoms with Gasteiger partial charge < -0.3 is 5.32 Å². The maximum absolute atomic E-state index is 13.1. The van der Waals surface area contributed by atoms with Gasteiger partial charge in [0, 0.05) is 5.69 Å². The summed E-state index contributed by atoms with van der Waals surface area (Å²) < 4.78 is 1.61. The number of carbonyl (C=O) groups excluding carboxylic acids is 1. The summed E-state index contributed by atoms with van der Waals surface area (Å²) in [4.78, 5) is 30.6. The van der Waals surface area contributed by atoms with Gasteiger partial charge in [-0.1, -0.05) is 49.4 Å². The molecule has 5 nitrogen and oxygen atoms in total. The molecule has 1 heterocycles. The minimum absolute atomic E-state index is 0.0368. The highest BCUT2D eigenvalue weighted by Gasteiger charge is 2.19. The van der Waals surface area contributed by atoms with Crippen molar-refractivity contribution in [2.45, 2.75) is 33.1 Å². The van der Waals surface area contributed by atoms with Gasteiger partial charge in [-0.2, -0.15) is 0 Å². The van der Waals surface area contributed by atoms with Crippen LogP contribution in [0.25, 0.3) is 16.6 Å². The molecule has 0 bridgehead atoms. The van der Waals surface area contributed by atoms with Crippen molar-refractivity contribution >= 4 is 22.5 Å². The summed E-state index contributed by atoms with van der Waals surface area (Å²) in [6, 6.07) is 22.7. The number of aryl methyl sites for hydroxylation is 2. The zero-order chi connectivity index (χ0) is 22.0. The summed E-state index contributed by atoms with van der Waals surface area (Å²) in [7, 11) is 0. The van der Waals surface area contributed by atoms with Gasteiger partial charge in [0.15, 0.2) is 0 Å². The van der Waals surface area contributed by atoms with E-state index in [9.17, 15) is 9.59 Å². The number of hydrogen-bond acceptors (Lipinski definition) is 3. The monoisotopic (exact) mass is 411 g/mol. The van der Waals surface area contributed by atoms with Crippen molar-refractivity contribution in [3.8, 4) is 5.69 Å². The number of amides is 1. The van der Waals surface area contributed by atoms with E-state index in [1.54, 1.807) is 10.6 Å². The minimum atomic E-state index is -0.213. The number of hydrogen-bond donors (Lipinski definition) is 1. The van der Waals surface area contributed by atoms with E-state index in [0.717, 1.165) is 22.5 Å². The molecule has 0 fully saturated rings.